The molecule has 1 N–H and O–H groups in total. The van der Waals surface area contributed by atoms with Gasteiger partial charge in [0.25, 0.3) is 0 Å². The number of fused-ring (bicyclic) bond motifs is 1. The lowest BCUT2D eigenvalue weighted by Crippen LogP contribution is -2.45. The zero-order chi connectivity index (χ0) is 17.2. The highest BCUT2D eigenvalue weighted by Crippen LogP contribution is 2.27. The first-order valence-corrected chi connectivity index (χ1v) is 8.96. The number of ether oxygens (including phenoxy) is 1. The van der Waals surface area contributed by atoms with Crippen LogP contribution in [-0.4, -0.2) is 49.9 Å². The number of carbonyl (C=O) groups is 1. The van der Waals surface area contributed by atoms with Crippen molar-refractivity contribution in [3.63, 3.8) is 0 Å². The lowest BCUT2D eigenvalue weighted by molar-refractivity contribution is -0.137. The van der Waals surface area contributed by atoms with Gasteiger partial charge in [-0.3, -0.25) is 4.79 Å². The molecule has 2 aromatic heterocycles. The number of nitrogens with zero attached hydrogens (tertiary/aromatic N) is 4. The van der Waals surface area contributed by atoms with Gasteiger partial charge < -0.3 is 14.6 Å². The molecule has 0 radical (unpaired) electrons. The maximum Gasteiger partial charge on any atom is 0.316 e. The van der Waals surface area contributed by atoms with Crippen molar-refractivity contribution in [2.75, 3.05) is 13.1 Å². The number of piperidine rings is 1. The highest BCUT2D eigenvalue weighted by molar-refractivity contribution is 5.79. The van der Waals surface area contributed by atoms with E-state index < -0.39 is 0 Å². The van der Waals surface area contributed by atoms with Gasteiger partial charge in [0.15, 0.2) is 0 Å². The van der Waals surface area contributed by atoms with Crippen LogP contribution in [0.15, 0.2) is 18.5 Å². The predicted octanol–water partition coefficient (Wildman–Crippen LogP) is 1.68. The van der Waals surface area contributed by atoms with E-state index in [9.17, 15) is 4.79 Å². The Morgan fingerprint density at radius 1 is 1.24 bits per heavy atom. The SMILES string of the molecule is Cc1nc2c([nH]1)CC(C(=O)N1CCC(Oc3ncccn3)CC1)CC2. The number of likely N-dealkylation sites (tertiary alicyclic amines) is 1. The summed E-state index contributed by atoms with van der Waals surface area (Å²) in [6, 6.07) is 2.19. The zero-order valence-corrected chi connectivity index (χ0v) is 14.4. The maximum absolute atomic E-state index is 12.9. The topological polar surface area (TPSA) is 84.0 Å². The summed E-state index contributed by atoms with van der Waals surface area (Å²) >= 11 is 0. The third-order valence-corrected chi connectivity index (χ3v) is 5.08. The molecule has 2 aromatic rings. The number of hydrogen-bond acceptors (Lipinski definition) is 5. The molecule has 1 saturated heterocycles. The summed E-state index contributed by atoms with van der Waals surface area (Å²) in [5.74, 6) is 1.29. The fourth-order valence-corrected chi connectivity index (χ4v) is 3.78. The smallest absolute Gasteiger partial charge is 0.316 e. The van der Waals surface area contributed by atoms with Crippen LogP contribution >= 0.6 is 0 Å². The Kier molecular flexibility index (Phi) is 4.38. The van der Waals surface area contributed by atoms with Crippen molar-refractivity contribution in [3.8, 4) is 6.01 Å². The Hall–Kier alpha value is -2.44. The molecule has 0 aromatic carbocycles. The number of carbonyl (C=O) groups excluding carboxylic acids is 1. The van der Waals surface area contributed by atoms with Gasteiger partial charge in [-0.1, -0.05) is 0 Å². The second kappa shape index (κ2) is 6.82. The van der Waals surface area contributed by atoms with Gasteiger partial charge in [0.1, 0.15) is 11.9 Å². The highest BCUT2D eigenvalue weighted by atomic mass is 16.5. The molecule has 2 aliphatic rings. The van der Waals surface area contributed by atoms with Crippen LogP contribution in [0.5, 0.6) is 6.01 Å². The minimum atomic E-state index is 0.0716. The van der Waals surface area contributed by atoms with Gasteiger partial charge in [-0.05, 0) is 25.8 Å². The number of aromatic nitrogens is 4. The van der Waals surface area contributed by atoms with E-state index >= 15 is 0 Å². The van der Waals surface area contributed by atoms with E-state index in [1.807, 2.05) is 11.8 Å². The third-order valence-electron chi connectivity index (χ3n) is 5.08. The van der Waals surface area contributed by atoms with Crippen molar-refractivity contribution in [3.05, 3.63) is 35.7 Å². The molecule has 7 nitrogen and oxygen atoms in total. The van der Waals surface area contributed by atoms with E-state index in [0.29, 0.717) is 6.01 Å². The average Bonchev–Trinajstić information content (AvgIpc) is 3.02. The maximum atomic E-state index is 12.9. The summed E-state index contributed by atoms with van der Waals surface area (Å²) in [4.78, 5) is 30.9. The molecule has 25 heavy (non-hydrogen) atoms. The number of aryl methyl sites for hydroxylation is 2. The standard InChI is InChI=1S/C18H23N5O2/c1-12-21-15-4-3-13(11-16(15)22-12)17(24)23-9-5-14(6-10-23)25-18-19-7-2-8-20-18/h2,7-8,13-14H,3-6,9-11H2,1H3,(H,21,22). The normalized spacial score (nSPS) is 21.0. The molecule has 0 saturated carbocycles. The molecule has 4 rings (SSSR count). The summed E-state index contributed by atoms with van der Waals surface area (Å²) < 4.78 is 5.80. The van der Waals surface area contributed by atoms with Gasteiger partial charge >= 0.3 is 6.01 Å². The van der Waals surface area contributed by atoms with E-state index in [0.717, 1.165) is 62.4 Å². The van der Waals surface area contributed by atoms with Crippen molar-refractivity contribution in [1.82, 2.24) is 24.8 Å². The van der Waals surface area contributed by atoms with Gasteiger partial charge in [0.2, 0.25) is 5.91 Å². The van der Waals surface area contributed by atoms with Crippen LogP contribution < -0.4 is 4.74 Å². The monoisotopic (exact) mass is 341 g/mol. The molecular formula is C18H23N5O2. The lowest BCUT2D eigenvalue weighted by atomic mass is 9.88. The van der Waals surface area contributed by atoms with Crippen LogP contribution in [0.25, 0.3) is 0 Å². The Balaban J connectivity index is 1.31. The number of amides is 1. The zero-order valence-electron chi connectivity index (χ0n) is 14.4. The van der Waals surface area contributed by atoms with E-state index in [-0.39, 0.29) is 17.9 Å². The summed E-state index contributed by atoms with van der Waals surface area (Å²) in [5.41, 5.74) is 2.28. The molecule has 1 atom stereocenters. The molecule has 0 spiro atoms. The third kappa shape index (κ3) is 3.50. The number of hydrogen-bond donors (Lipinski definition) is 1. The van der Waals surface area contributed by atoms with Crippen LogP contribution in [0, 0.1) is 12.8 Å². The molecule has 1 aliphatic carbocycles. The molecule has 132 valence electrons. The first-order chi connectivity index (χ1) is 12.2. The van der Waals surface area contributed by atoms with Crippen LogP contribution in [-0.2, 0) is 17.6 Å². The first-order valence-electron chi connectivity index (χ1n) is 8.96. The minimum Gasteiger partial charge on any atom is -0.460 e. The van der Waals surface area contributed by atoms with E-state index in [4.69, 9.17) is 4.74 Å². The van der Waals surface area contributed by atoms with Crippen molar-refractivity contribution >= 4 is 5.91 Å². The molecule has 1 fully saturated rings. The van der Waals surface area contributed by atoms with E-state index in [1.165, 1.54) is 0 Å². The fourth-order valence-electron chi connectivity index (χ4n) is 3.78. The van der Waals surface area contributed by atoms with Gasteiger partial charge in [-0.15, -0.1) is 0 Å². The van der Waals surface area contributed by atoms with Crippen molar-refractivity contribution in [1.29, 1.82) is 0 Å². The average molecular weight is 341 g/mol. The van der Waals surface area contributed by atoms with Crippen molar-refractivity contribution < 1.29 is 9.53 Å². The van der Waals surface area contributed by atoms with Crippen molar-refractivity contribution in [2.45, 2.75) is 45.1 Å². The largest absolute Gasteiger partial charge is 0.460 e. The molecule has 1 amide bonds. The highest BCUT2D eigenvalue weighted by Gasteiger charge is 2.32. The number of rotatable bonds is 3. The Morgan fingerprint density at radius 3 is 2.76 bits per heavy atom. The van der Waals surface area contributed by atoms with Gasteiger partial charge in [-0.2, -0.15) is 0 Å². The second-order valence-electron chi connectivity index (χ2n) is 6.86. The van der Waals surface area contributed by atoms with Crippen LogP contribution in [0.3, 0.4) is 0 Å². The Morgan fingerprint density at radius 2 is 2.00 bits per heavy atom. The lowest BCUT2D eigenvalue weighted by Gasteiger charge is -2.34. The number of aromatic amines is 1. The Bertz CT molecular complexity index is 737. The van der Waals surface area contributed by atoms with Gasteiger partial charge in [-0.25, -0.2) is 15.0 Å². The molecule has 1 aliphatic heterocycles. The van der Waals surface area contributed by atoms with Gasteiger partial charge in [0.05, 0.1) is 5.69 Å². The van der Waals surface area contributed by atoms with E-state index in [1.54, 1.807) is 18.5 Å². The molecule has 3 heterocycles. The number of H-pyrrole nitrogens is 1. The summed E-state index contributed by atoms with van der Waals surface area (Å²) in [5, 5.41) is 0. The molecular weight excluding hydrogens is 318 g/mol. The van der Waals surface area contributed by atoms with Crippen LogP contribution in [0.4, 0.5) is 0 Å². The first kappa shape index (κ1) is 16.1. The Labute approximate surface area is 146 Å². The van der Waals surface area contributed by atoms with Crippen molar-refractivity contribution in [2.24, 2.45) is 5.92 Å². The van der Waals surface area contributed by atoms with Crippen LogP contribution in [0.2, 0.25) is 0 Å². The molecule has 7 heteroatoms. The number of nitrogens with one attached hydrogen (secondary N) is 1. The van der Waals surface area contributed by atoms with Gasteiger partial charge in [0, 0.05) is 56.4 Å². The molecule has 1 unspecified atom stereocenters. The summed E-state index contributed by atoms with van der Waals surface area (Å²) in [7, 11) is 0. The van der Waals surface area contributed by atoms with Crippen LogP contribution in [0.1, 0.15) is 36.5 Å². The number of imidazole rings is 1. The predicted molar refractivity (Wildman–Crippen MR) is 91.1 cm³/mol. The second-order valence-corrected chi connectivity index (χ2v) is 6.86. The van der Waals surface area contributed by atoms with E-state index in [2.05, 4.69) is 19.9 Å². The summed E-state index contributed by atoms with van der Waals surface area (Å²) in [6.45, 7) is 3.44. The quantitative estimate of drug-likeness (QED) is 0.918. The molecule has 0 bridgehead atoms. The summed E-state index contributed by atoms with van der Waals surface area (Å²) in [6.07, 6.45) is 7.65. The minimum absolute atomic E-state index is 0.0716. The fraction of sp³-hybridized carbons (Fsp3) is 0.556.